The molecule has 1 saturated heterocycles. The summed E-state index contributed by atoms with van der Waals surface area (Å²) in [6.45, 7) is 1.20. The van der Waals surface area contributed by atoms with Gasteiger partial charge in [-0.25, -0.2) is 0 Å². The minimum absolute atomic E-state index is 0.0182. The molecule has 0 saturated carbocycles. The molecule has 1 aromatic heterocycles. The number of rotatable bonds is 2. The highest BCUT2D eigenvalue weighted by atomic mass is 79.9. The predicted octanol–water partition coefficient (Wildman–Crippen LogP) is 1.36. The van der Waals surface area contributed by atoms with Crippen LogP contribution < -0.4 is 5.32 Å². The Balaban J connectivity index is 2.02. The maximum atomic E-state index is 11.7. The minimum atomic E-state index is -0.0526. The molecule has 2 heterocycles. The normalized spacial score (nSPS) is 17.2. The second-order valence-corrected chi connectivity index (χ2v) is 6.10. The fourth-order valence-electron chi connectivity index (χ4n) is 1.53. The summed E-state index contributed by atoms with van der Waals surface area (Å²) in [5, 5.41) is 2.58. The highest BCUT2D eigenvalue weighted by Crippen LogP contribution is 2.23. The summed E-state index contributed by atoms with van der Waals surface area (Å²) in [5.41, 5.74) is 0. The van der Waals surface area contributed by atoms with Crippen LogP contribution >= 0.6 is 27.3 Å². The van der Waals surface area contributed by atoms with Crippen molar-refractivity contribution in [3.63, 3.8) is 0 Å². The first-order chi connectivity index (χ1) is 7.65. The molecule has 1 aromatic rings. The van der Waals surface area contributed by atoms with Crippen LogP contribution in [0.1, 0.15) is 11.3 Å². The van der Waals surface area contributed by atoms with Gasteiger partial charge in [0.2, 0.25) is 11.8 Å². The topological polar surface area (TPSA) is 49.4 Å². The molecule has 6 heteroatoms. The van der Waals surface area contributed by atoms with Gasteiger partial charge in [-0.15, -0.1) is 11.3 Å². The lowest BCUT2D eigenvalue weighted by Crippen LogP contribution is -2.34. The first-order valence-corrected chi connectivity index (χ1v) is 6.55. The third-order valence-corrected chi connectivity index (χ3v) is 3.98. The molecule has 1 aliphatic heterocycles. The van der Waals surface area contributed by atoms with Gasteiger partial charge in [-0.2, -0.15) is 0 Å². The summed E-state index contributed by atoms with van der Waals surface area (Å²) < 4.78 is 1.05. The minimum Gasteiger partial charge on any atom is -0.347 e. The van der Waals surface area contributed by atoms with Gasteiger partial charge < -0.3 is 10.2 Å². The first-order valence-electron chi connectivity index (χ1n) is 4.94. The number of hydrogen-bond acceptors (Lipinski definition) is 3. The molecule has 86 valence electrons. The van der Waals surface area contributed by atoms with Crippen molar-refractivity contribution in [2.24, 2.45) is 0 Å². The van der Waals surface area contributed by atoms with Crippen molar-refractivity contribution in [2.45, 2.75) is 13.0 Å². The van der Waals surface area contributed by atoms with E-state index in [9.17, 15) is 9.59 Å². The molecular formula is C10H11BrN2O2S. The maximum absolute atomic E-state index is 11.7. The van der Waals surface area contributed by atoms with Crippen molar-refractivity contribution >= 4 is 39.1 Å². The van der Waals surface area contributed by atoms with Crippen LogP contribution in [0, 0.1) is 0 Å². The summed E-state index contributed by atoms with van der Waals surface area (Å²) >= 11 is 4.99. The van der Waals surface area contributed by atoms with Crippen LogP contribution in [0.25, 0.3) is 0 Å². The Kier molecular flexibility index (Phi) is 3.60. The predicted molar refractivity (Wildman–Crippen MR) is 65.1 cm³/mol. The maximum Gasteiger partial charge on any atom is 0.242 e. The Bertz CT molecular complexity index is 419. The molecule has 0 unspecified atom stereocenters. The number of thiophene rings is 1. The van der Waals surface area contributed by atoms with Crippen LogP contribution in [-0.4, -0.2) is 29.8 Å². The van der Waals surface area contributed by atoms with Gasteiger partial charge in [0.1, 0.15) is 0 Å². The van der Waals surface area contributed by atoms with Gasteiger partial charge in [0.25, 0.3) is 0 Å². The van der Waals surface area contributed by atoms with Crippen molar-refractivity contribution in [1.29, 1.82) is 0 Å². The Hall–Kier alpha value is -0.880. The number of halogens is 1. The van der Waals surface area contributed by atoms with E-state index in [0.717, 1.165) is 8.66 Å². The highest BCUT2D eigenvalue weighted by Gasteiger charge is 2.20. The fourth-order valence-corrected chi connectivity index (χ4v) is 3.03. The lowest BCUT2D eigenvalue weighted by atomic mass is 10.3. The summed E-state index contributed by atoms with van der Waals surface area (Å²) in [6.07, 6.45) is 0.387. The standard InChI is InChI=1S/C10H11BrN2O2S/c11-8-2-1-7(16-8)6-13-4-3-9(14)12-5-10(13)15/h1-2H,3-6H2,(H,12,14). The largest absolute Gasteiger partial charge is 0.347 e. The Labute approximate surface area is 106 Å². The molecule has 0 atom stereocenters. The van der Waals surface area contributed by atoms with Crippen molar-refractivity contribution in [3.8, 4) is 0 Å². The monoisotopic (exact) mass is 302 g/mol. The van der Waals surface area contributed by atoms with E-state index >= 15 is 0 Å². The zero-order valence-corrected chi connectivity index (χ0v) is 10.9. The Morgan fingerprint density at radius 2 is 2.25 bits per heavy atom. The number of nitrogens with one attached hydrogen (secondary N) is 1. The van der Waals surface area contributed by atoms with Crippen LogP contribution in [0.15, 0.2) is 15.9 Å². The van der Waals surface area contributed by atoms with Crippen LogP contribution in [0.3, 0.4) is 0 Å². The van der Waals surface area contributed by atoms with Gasteiger partial charge in [-0.1, -0.05) is 0 Å². The Morgan fingerprint density at radius 1 is 1.44 bits per heavy atom. The molecule has 0 bridgehead atoms. The average molecular weight is 303 g/mol. The van der Waals surface area contributed by atoms with Gasteiger partial charge >= 0.3 is 0 Å². The molecule has 1 N–H and O–H groups in total. The molecule has 1 fully saturated rings. The third-order valence-electron chi connectivity index (χ3n) is 2.37. The van der Waals surface area contributed by atoms with Gasteiger partial charge in [-0.3, -0.25) is 9.59 Å². The van der Waals surface area contributed by atoms with Crippen molar-refractivity contribution < 1.29 is 9.59 Å². The Morgan fingerprint density at radius 3 is 2.94 bits per heavy atom. The molecule has 0 radical (unpaired) electrons. The molecule has 0 aliphatic carbocycles. The lowest BCUT2D eigenvalue weighted by Gasteiger charge is -2.18. The van der Waals surface area contributed by atoms with Crippen LogP contribution in [-0.2, 0) is 16.1 Å². The lowest BCUT2D eigenvalue weighted by molar-refractivity contribution is -0.130. The second-order valence-electron chi connectivity index (χ2n) is 3.55. The molecule has 0 spiro atoms. The summed E-state index contributed by atoms with van der Waals surface area (Å²) in [6, 6.07) is 3.95. The van der Waals surface area contributed by atoms with Crippen molar-refractivity contribution in [3.05, 3.63) is 20.8 Å². The zero-order chi connectivity index (χ0) is 11.5. The summed E-state index contributed by atoms with van der Waals surface area (Å²) in [7, 11) is 0. The van der Waals surface area contributed by atoms with E-state index in [2.05, 4.69) is 21.2 Å². The van der Waals surface area contributed by atoms with Crippen LogP contribution in [0.4, 0.5) is 0 Å². The van der Waals surface area contributed by atoms with Crippen LogP contribution in [0.5, 0.6) is 0 Å². The zero-order valence-electron chi connectivity index (χ0n) is 8.53. The number of carbonyl (C=O) groups is 2. The molecule has 1 aliphatic rings. The van der Waals surface area contributed by atoms with Gasteiger partial charge in [0, 0.05) is 17.8 Å². The molecular weight excluding hydrogens is 292 g/mol. The smallest absolute Gasteiger partial charge is 0.242 e. The number of carbonyl (C=O) groups excluding carboxylic acids is 2. The first kappa shape index (κ1) is 11.6. The van der Waals surface area contributed by atoms with E-state index in [1.54, 1.807) is 16.2 Å². The van der Waals surface area contributed by atoms with Gasteiger partial charge in [0.05, 0.1) is 16.9 Å². The fraction of sp³-hybridized carbons (Fsp3) is 0.400. The van der Waals surface area contributed by atoms with E-state index in [-0.39, 0.29) is 18.4 Å². The quantitative estimate of drug-likeness (QED) is 0.897. The number of amides is 2. The summed E-state index contributed by atoms with van der Waals surface area (Å²) in [4.78, 5) is 25.6. The molecule has 0 aromatic carbocycles. The van der Waals surface area contributed by atoms with E-state index in [1.807, 2.05) is 12.1 Å². The highest BCUT2D eigenvalue weighted by molar-refractivity contribution is 9.11. The van der Waals surface area contributed by atoms with E-state index in [4.69, 9.17) is 0 Å². The van der Waals surface area contributed by atoms with Gasteiger partial charge in [-0.05, 0) is 28.1 Å². The molecule has 2 rings (SSSR count). The van der Waals surface area contributed by atoms with Crippen molar-refractivity contribution in [2.75, 3.05) is 13.1 Å². The summed E-state index contributed by atoms with van der Waals surface area (Å²) in [5.74, 6) is -0.0708. The number of nitrogens with zero attached hydrogens (tertiary/aromatic N) is 1. The third kappa shape index (κ3) is 2.82. The molecule has 4 nitrogen and oxygen atoms in total. The molecule has 2 amide bonds. The van der Waals surface area contributed by atoms with Crippen molar-refractivity contribution in [1.82, 2.24) is 10.2 Å². The average Bonchev–Trinajstić information content (AvgIpc) is 2.59. The van der Waals surface area contributed by atoms with E-state index in [1.165, 1.54) is 0 Å². The SMILES string of the molecule is O=C1CCN(Cc2ccc(Br)s2)C(=O)CN1. The van der Waals surface area contributed by atoms with Crippen LogP contribution in [0.2, 0.25) is 0 Å². The molecule has 16 heavy (non-hydrogen) atoms. The van der Waals surface area contributed by atoms with E-state index < -0.39 is 0 Å². The van der Waals surface area contributed by atoms with Gasteiger partial charge in [0.15, 0.2) is 0 Å². The second kappa shape index (κ2) is 4.97. The number of hydrogen-bond donors (Lipinski definition) is 1. The van der Waals surface area contributed by atoms with E-state index in [0.29, 0.717) is 19.5 Å².